The number of fused-ring (bicyclic) bond motifs is 1. The fraction of sp³-hybridized carbons (Fsp3) is 0.158. The summed E-state index contributed by atoms with van der Waals surface area (Å²) in [6, 6.07) is 6.50. The molecule has 0 aliphatic heterocycles. The molecule has 0 aliphatic rings. The van der Waals surface area contributed by atoms with Gasteiger partial charge in [0.15, 0.2) is 11.5 Å². The number of hydrogen-bond donors (Lipinski definition) is 0. The number of benzene rings is 1. The Hall–Kier alpha value is -3.83. The molecule has 3 heterocycles. The molecule has 0 radical (unpaired) electrons. The van der Waals surface area contributed by atoms with Crippen molar-refractivity contribution in [1.29, 1.82) is 0 Å². The molecule has 4 rings (SSSR count). The fourth-order valence-electron chi connectivity index (χ4n) is 2.87. The minimum atomic E-state index is -4.56. The van der Waals surface area contributed by atoms with Gasteiger partial charge in [0.2, 0.25) is 5.88 Å². The number of aromatic nitrogens is 5. The highest BCUT2D eigenvalue weighted by atomic mass is 19.4. The lowest BCUT2D eigenvalue weighted by Crippen LogP contribution is -2.12. The zero-order chi connectivity index (χ0) is 22.0. The first-order valence-corrected chi connectivity index (χ1v) is 8.70. The number of halogens is 5. The minimum absolute atomic E-state index is 0.0398. The Kier molecular flexibility index (Phi) is 5.36. The predicted octanol–water partition coefficient (Wildman–Crippen LogP) is 4.39. The average molecular weight is 437 g/mol. The molecule has 0 atom stereocenters. The molecule has 0 amide bonds. The Morgan fingerprint density at radius 1 is 0.935 bits per heavy atom. The van der Waals surface area contributed by atoms with E-state index >= 15 is 0 Å². The second kappa shape index (κ2) is 8.13. The molecule has 0 aliphatic carbocycles. The Morgan fingerprint density at radius 3 is 2.42 bits per heavy atom. The van der Waals surface area contributed by atoms with Crippen molar-refractivity contribution in [3.63, 3.8) is 0 Å². The Balaban J connectivity index is 1.66. The first-order valence-electron chi connectivity index (χ1n) is 8.70. The molecular formula is C19H12F5N5O2. The zero-order valence-corrected chi connectivity index (χ0v) is 15.4. The van der Waals surface area contributed by atoms with E-state index < -0.39 is 25.0 Å². The number of nitrogens with zero attached hydrogens (tertiary/aromatic N) is 5. The lowest BCUT2D eigenvalue weighted by molar-refractivity contribution is -0.138. The van der Waals surface area contributed by atoms with Crippen LogP contribution in [0.1, 0.15) is 11.1 Å². The van der Waals surface area contributed by atoms with Crippen LogP contribution in [0.2, 0.25) is 0 Å². The van der Waals surface area contributed by atoms with Crippen molar-refractivity contribution in [1.82, 2.24) is 24.6 Å². The molecule has 0 bridgehead atoms. The quantitative estimate of drug-likeness (QED) is 0.417. The third-order valence-corrected chi connectivity index (χ3v) is 4.21. The molecule has 0 spiro atoms. The maximum absolute atomic E-state index is 13.2. The SMILES string of the molecule is FC(F)Oc1ccc(-c2nnc3cncc(OCc4cnccc4C(F)(F)F)n23)cc1. The molecule has 0 saturated heterocycles. The van der Waals surface area contributed by atoms with Crippen molar-refractivity contribution >= 4 is 5.65 Å². The largest absolute Gasteiger partial charge is 0.472 e. The van der Waals surface area contributed by atoms with Crippen LogP contribution >= 0.6 is 0 Å². The Bertz CT molecular complexity index is 1190. The number of alkyl halides is 5. The summed E-state index contributed by atoms with van der Waals surface area (Å²) in [5.74, 6) is 0.322. The summed E-state index contributed by atoms with van der Waals surface area (Å²) >= 11 is 0. The highest BCUT2D eigenvalue weighted by molar-refractivity contribution is 5.61. The van der Waals surface area contributed by atoms with Gasteiger partial charge in [0.25, 0.3) is 0 Å². The molecule has 0 saturated carbocycles. The van der Waals surface area contributed by atoms with Crippen LogP contribution in [-0.4, -0.2) is 31.2 Å². The number of pyridine rings is 1. The van der Waals surface area contributed by atoms with Gasteiger partial charge in [-0.15, -0.1) is 10.2 Å². The predicted molar refractivity (Wildman–Crippen MR) is 96.4 cm³/mol. The Morgan fingerprint density at radius 2 is 1.71 bits per heavy atom. The van der Waals surface area contributed by atoms with Gasteiger partial charge in [-0.3, -0.25) is 9.97 Å². The molecule has 0 fully saturated rings. The summed E-state index contributed by atoms with van der Waals surface area (Å²) in [4.78, 5) is 7.69. The second-order valence-corrected chi connectivity index (χ2v) is 6.18. The van der Waals surface area contributed by atoms with E-state index in [2.05, 4.69) is 24.9 Å². The summed E-state index contributed by atoms with van der Waals surface area (Å²) in [5.41, 5.74) is -0.249. The van der Waals surface area contributed by atoms with Crippen LogP contribution in [0.15, 0.2) is 55.1 Å². The Labute approximate surface area is 171 Å². The van der Waals surface area contributed by atoms with Crippen LogP contribution in [0.4, 0.5) is 22.0 Å². The molecule has 4 aromatic rings. The van der Waals surface area contributed by atoms with Crippen LogP contribution in [0.25, 0.3) is 17.0 Å². The zero-order valence-electron chi connectivity index (χ0n) is 15.4. The first kappa shape index (κ1) is 20.4. The minimum Gasteiger partial charge on any atom is -0.472 e. The van der Waals surface area contributed by atoms with Gasteiger partial charge < -0.3 is 9.47 Å². The van der Waals surface area contributed by atoms with Crippen LogP contribution in [0.5, 0.6) is 11.6 Å². The van der Waals surface area contributed by atoms with E-state index in [0.29, 0.717) is 5.56 Å². The van der Waals surface area contributed by atoms with Crippen molar-refractivity contribution < 1.29 is 31.4 Å². The molecule has 31 heavy (non-hydrogen) atoms. The van der Waals surface area contributed by atoms with Crippen LogP contribution in [0.3, 0.4) is 0 Å². The van der Waals surface area contributed by atoms with Crippen molar-refractivity contribution in [2.45, 2.75) is 19.4 Å². The van der Waals surface area contributed by atoms with E-state index in [1.165, 1.54) is 41.1 Å². The van der Waals surface area contributed by atoms with Gasteiger partial charge >= 0.3 is 12.8 Å². The monoisotopic (exact) mass is 437 g/mol. The third kappa shape index (κ3) is 4.37. The molecule has 0 unspecified atom stereocenters. The third-order valence-electron chi connectivity index (χ3n) is 4.21. The van der Waals surface area contributed by atoms with E-state index in [9.17, 15) is 22.0 Å². The van der Waals surface area contributed by atoms with E-state index in [1.807, 2.05) is 0 Å². The molecule has 7 nitrogen and oxygen atoms in total. The van der Waals surface area contributed by atoms with Gasteiger partial charge in [-0.1, -0.05) is 0 Å². The van der Waals surface area contributed by atoms with Gasteiger partial charge in [0, 0.05) is 23.5 Å². The summed E-state index contributed by atoms with van der Waals surface area (Å²) in [6.07, 6.45) is 0.259. The summed E-state index contributed by atoms with van der Waals surface area (Å²) < 4.78 is 75.6. The lowest BCUT2D eigenvalue weighted by Gasteiger charge is -2.14. The molecular weight excluding hydrogens is 425 g/mol. The van der Waals surface area contributed by atoms with Crippen molar-refractivity contribution in [3.8, 4) is 23.0 Å². The summed E-state index contributed by atoms with van der Waals surface area (Å²) in [5, 5.41) is 8.01. The average Bonchev–Trinajstić information content (AvgIpc) is 3.17. The second-order valence-electron chi connectivity index (χ2n) is 6.18. The highest BCUT2D eigenvalue weighted by Crippen LogP contribution is 2.32. The van der Waals surface area contributed by atoms with E-state index in [-0.39, 0.29) is 28.7 Å². The van der Waals surface area contributed by atoms with E-state index in [1.54, 1.807) is 0 Å². The smallest absolute Gasteiger partial charge is 0.416 e. The van der Waals surface area contributed by atoms with Gasteiger partial charge in [-0.2, -0.15) is 22.0 Å². The maximum Gasteiger partial charge on any atom is 0.416 e. The van der Waals surface area contributed by atoms with Crippen molar-refractivity contribution in [2.24, 2.45) is 0 Å². The molecule has 12 heteroatoms. The van der Waals surface area contributed by atoms with Crippen LogP contribution < -0.4 is 9.47 Å². The van der Waals surface area contributed by atoms with E-state index in [4.69, 9.17) is 4.74 Å². The topological polar surface area (TPSA) is 74.4 Å². The van der Waals surface area contributed by atoms with Gasteiger partial charge in [0.1, 0.15) is 12.4 Å². The van der Waals surface area contributed by atoms with Crippen molar-refractivity contribution in [2.75, 3.05) is 0 Å². The highest BCUT2D eigenvalue weighted by Gasteiger charge is 2.33. The number of rotatable bonds is 6. The normalized spacial score (nSPS) is 11.8. The summed E-state index contributed by atoms with van der Waals surface area (Å²) in [6.45, 7) is -3.39. The lowest BCUT2D eigenvalue weighted by atomic mass is 10.1. The fourth-order valence-corrected chi connectivity index (χ4v) is 2.87. The molecule has 3 aromatic heterocycles. The molecule has 160 valence electrons. The first-order chi connectivity index (χ1) is 14.8. The maximum atomic E-state index is 13.2. The van der Waals surface area contributed by atoms with Crippen LogP contribution in [-0.2, 0) is 12.8 Å². The number of ether oxygens (including phenoxy) is 2. The molecule has 0 N–H and O–H groups in total. The van der Waals surface area contributed by atoms with Gasteiger partial charge in [-0.25, -0.2) is 4.40 Å². The summed E-state index contributed by atoms with van der Waals surface area (Å²) in [7, 11) is 0. The van der Waals surface area contributed by atoms with Crippen LogP contribution in [0, 0.1) is 0 Å². The number of hydrogen-bond acceptors (Lipinski definition) is 6. The van der Waals surface area contributed by atoms with Gasteiger partial charge in [0.05, 0.1) is 18.0 Å². The molecule has 1 aromatic carbocycles. The standard InChI is InChI=1S/C19H12F5N5O2/c20-18(21)31-13-3-1-11(2-4-13)17-28-27-15-8-26-9-16(29(15)17)30-10-12-7-25-6-5-14(12)19(22,23)24/h1-9,18H,10H2. The van der Waals surface area contributed by atoms with Gasteiger partial charge in [-0.05, 0) is 30.3 Å². The van der Waals surface area contributed by atoms with E-state index in [0.717, 1.165) is 18.5 Å². The van der Waals surface area contributed by atoms with Crippen molar-refractivity contribution in [3.05, 3.63) is 66.2 Å².